The number of hydrogen-bond donors (Lipinski definition) is 3. The van der Waals surface area contributed by atoms with Crippen LogP contribution >= 0.6 is 0 Å². The molecular weight excluding hydrogens is 226 g/mol. The van der Waals surface area contributed by atoms with Crippen LogP contribution in [0.4, 0.5) is 10.5 Å². The summed E-state index contributed by atoms with van der Waals surface area (Å²) in [7, 11) is 0. The number of aryl methyl sites for hydroxylation is 1. The van der Waals surface area contributed by atoms with E-state index >= 15 is 0 Å². The number of amides is 2. The van der Waals surface area contributed by atoms with Gasteiger partial charge in [0.1, 0.15) is 0 Å². The number of carbonyl (C=O) groups is 1. The molecule has 0 bridgehead atoms. The molecule has 0 saturated carbocycles. The number of anilines is 1. The van der Waals surface area contributed by atoms with Gasteiger partial charge >= 0.3 is 6.03 Å². The highest BCUT2D eigenvalue weighted by Gasteiger charge is 2.07. The van der Waals surface area contributed by atoms with Crippen LogP contribution in [-0.2, 0) is 0 Å². The van der Waals surface area contributed by atoms with E-state index in [0.29, 0.717) is 19.0 Å². The fraction of sp³-hybridized carbons (Fsp3) is 0.500. The summed E-state index contributed by atoms with van der Waals surface area (Å²) in [5.74, 6) is 0.457. The second-order valence-corrected chi connectivity index (χ2v) is 4.55. The van der Waals surface area contributed by atoms with E-state index in [0.717, 1.165) is 18.5 Å². The number of rotatable bonds is 6. The average Bonchev–Trinajstić information content (AvgIpc) is 2.37. The second-order valence-electron chi connectivity index (χ2n) is 4.55. The van der Waals surface area contributed by atoms with Crippen LogP contribution in [0.25, 0.3) is 0 Å². The SMILES string of the molecule is CCC(CCN)CNC(=O)Nc1ccc(C)cc1. The lowest BCUT2D eigenvalue weighted by Crippen LogP contribution is -2.33. The predicted octanol–water partition coefficient (Wildman–Crippen LogP) is 2.49. The first kappa shape index (κ1) is 14.5. The van der Waals surface area contributed by atoms with Crippen molar-refractivity contribution < 1.29 is 4.79 Å². The van der Waals surface area contributed by atoms with Gasteiger partial charge in [-0.2, -0.15) is 0 Å². The van der Waals surface area contributed by atoms with E-state index in [4.69, 9.17) is 5.73 Å². The van der Waals surface area contributed by atoms with Gasteiger partial charge < -0.3 is 16.4 Å². The topological polar surface area (TPSA) is 67.1 Å². The first-order valence-corrected chi connectivity index (χ1v) is 6.47. The molecule has 4 nitrogen and oxygen atoms in total. The summed E-state index contributed by atoms with van der Waals surface area (Å²) < 4.78 is 0. The minimum atomic E-state index is -0.158. The molecule has 0 aliphatic heterocycles. The number of benzene rings is 1. The van der Waals surface area contributed by atoms with Crippen LogP contribution in [0.5, 0.6) is 0 Å². The van der Waals surface area contributed by atoms with Crippen molar-refractivity contribution in [1.82, 2.24) is 5.32 Å². The molecule has 1 aromatic carbocycles. The molecule has 0 aliphatic rings. The third-order valence-electron chi connectivity index (χ3n) is 3.01. The zero-order valence-corrected chi connectivity index (χ0v) is 11.2. The van der Waals surface area contributed by atoms with Crippen LogP contribution in [0, 0.1) is 12.8 Å². The normalized spacial score (nSPS) is 11.9. The molecule has 0 spiro atoms. The maximum Gasteiger partial charge on any atom is 0.319 e. The number of hydrogen-bond acceptors (Lipinski definition) is 2. The molecule has 4 N–H and O–H groups in total. The summed E-state index contributed by atoms with van der Waals surface area (Å²) in [6.45, 7) is 5.47. The highest BCUT2D eigenvalue weighted by molar-refractivity contribution is 5.89. The van der Waals surface area contributed by atoms with E-state index in [1.807, 2.05) is 31.2 Å². The van der Waals surface area contributed by atoms with Crippen molar-refractivity contribution >= 4 is 11.7 Å². The van der Waals surface area contributed by atoms with Crippen LogP contribution in [0.2, 0.25) is 0 Å². The smallest absolute Gasteiger partial charge is 0.319 e. The summed E-state index contributed by atoms with van der Waals surface area (Å²) in [5.41, 5.74) is 7.51. The van der Waals surface area contributed by atoms with Gasteiger partial charge in [0.2, 0.25) is 0 Å². The molecule has 100 valence electrons. The second kappa shape index (κ2) is 7.71. The van der Waals surface area contributed by atoms with Crippen LogP contribution in [0.3, 0.4) is 0 Å². The molecule has 2 amide bonds. The minimum absolute atomic E-state index is 0.158. The quantitative estimate of drug-likeness (QED) is 0.725. The van der Waals surface area contributed by atoms with Gasteiger partial charge in [-0.05, 0) is 37.9 Å². The maximum atomic E-state index is 11.7. The Bertz CT molecular complexity index is 362. The molecule has 0 radical (unpaired) electrons. The van der Waals surface area contributed by atoms with E-state index in [2.05, 4.69) is 17.6 Å². The molecule has 1 aromatic rings. The Kier molecular flexibility index (Phi) is 6.22. The van der Waals surface area contributed by atoms with Gasteiger partial charge in [-0.1, -0.05) is 31.0 Å². The van der Waals surface area contributed by atoms with Crippen molar-refractivity contribution in [1.29, 1.82) is 0 Å². The summed E-state index contributed by atoms with van der Waals surface area (Å²) in [6, 6.07) is 7.57. The van der Waals surface area contributed by atoms with Gasteiger partial charge in [-0.3, -0.25) is 0 Å². The number of carbonyl (C=O) groups excluding carboxylic acids is 1. The molecule has 4 heteroatoms. The molecule has 1 rings (SSSR count). The third-order valence-corrected chi connectivity index (χ3v) is 3.01. The Balaban J connectivity index is 2.35. The van der Waals surface area contributed by atoms with Crippen molar-refractivity contribution in [3.63, 3.8) is 0 Å². The van der Waals surface area contributed by atoms with Gasteiger partial charge in [0.15, 0.2) is 0 Å². The first-order valence-electron chi connectivity index (χ1n) is 6.47. The summed E-state index contributed by atoms with van der Waals surface area (Å²) in [4.78, 5) is 11.7. The van der Waals surface area contributed by atoms with Crippen LogP contribution in [-0.4, -0.2) is 19.1 Å². The van der Waals surface area contributed by atoms with Crippen molar-refractivity contribution in [3.05, 3.63) is 29.8 Å². The Labute approximate surface area is 109 Å². The van der Waals surface area contributed by atoms with Gasteiger partial charge in [-0.15, -0.1) is 0 Å². The monoisotopic (exact) mass is 249 g/mol. The fourth-order valence-electron chi connectivity index (χ4n) is 1.74. The Hall–Kier alpha value is -1.55. The largest absolute Gasteiger partial charge is 0.338 e. The van der Waals surface area contributed by atoms with Gasteiger partial charge in [0.05, 0.1) is 0 Å². The van der Waals surface area contributed by atoms with Gasteiger partial charge in [-0.25, -0.2) is 4.79 Å². The molecule has 0 fully saturated rings. The molecule has 18 heavy (non-hydrogen) atoms. The van der Waals surface area contributed by atoms with Gasteiger partial charge in [0.25, 0.3) is 0 Å². The fourth-order valence-corrected chi connectivity index (χ4v) is 1.74. The van der Waals surface area contributed by atoms with Crippen LogP contribution in [0.15, 0.2) is 24.3 Å². The number of urea groups is 1. The van der Waals surface area contributed by atoms with E-state index in [1.54, 1.807) is 0 Å². The van der Waals surface area contributed by atoms with Crippen LogP contribution in [0.1, 0.15) is 25.3 Å². The van der Waals surface area contributed by atoms with Crippen molar-refractivity contribution in [2.45, 2.75) is 26.7 Å². The number of nitrogens with one attached hydrogen (secondary N) is 2. The van der Waals surface area contributed by atoms with Crippen molar-refractivity contribution in [2.24, 2.45) is 11.7 Å². The van der Waals surface area contributed by atoms with E-state index in [1.165, 1.54) is 5.56 Å². The number of nitrogens with two attached hydrogens (primary N) is 1. The molecule has 1 atom stereocenters. The highest BCUT2D eigenvalue weighted by atomic mass is 16.2. The molecule has 0 aliphatic carbocycles. The Morgan fingerprint density at radius 3 is 2.56 bits per heavy atom. The molecule has 0 heterocycles. The van der Waals surface area contributed by atoms with Gasteiger partial charge in [0, 0.05) is 12.2 Å². The standard InChI is InChI=1S/C14H23N3O/c1-3-12(8-9-15)10-16-14(18)17-13-6-4-11(2)5-7-13/h4-7,12H,3,8-10,15H2,1-2H3,(H2,16,17,18). The lowest BCUT2D eigenvalue weighted by Gasteiger charge is -2.15. The Morgan fingerprint density at radius 1 is 1.33 bits per heavy atom. The average molecular weight is 249 g/mol. The highest BCUT2D eigenvalue weighted by Crippen LogP contribution is 2.09. The molecular formula is C14H23N3O. The summed E-state index contributed by atoms with van der Waals surface area (Å²) in [6.07, 6.45) is 1.98. The zero-order valence-electron chi connectivity index (χ0n) is 11.2. The molecule has 0 aromatic heterocycles. The van der Waals surface area contributed by atoms with Crippen molar-refractivity contribution in [2.75, 3.05) is 18.4 Å². The zero-order chi connectivity index (χ0) is 13.4. The summed E-state index contributed by atoms with van der Waals surface area (Å²) in [5, 5.41) is 5.69. The third kappa shape index (κ3) is 5.19. The maximum absolute atomic E-state index is 11.7. The van der Waals surface area contributed by atoms with Crippen molar-refractivity contribution in [3.8, 4) is 0 Å². The van der Waals surface area contributed by atoms with E-state index in [-0.39, 0.29) is 6.03 Å². The predicted molar refractivity (Wildman–Crippen MR) is 75.7 cm³/mol. The lowest BCUT2D eigenvalue weighted by atomic mass is 10.0. The van der Waals surface area contributed by atoms with E-state index in [9.17, 15) is 4.79 Å². The summed E-state index contributed by atoms with van der Waals surface area (Å²) >= 11 is 0. The lowest BCUT2D eigenvalue weighted by molar-refractivity contribution is 0.249. The minimum Gasteiger partial charge on any atom is -0.338 e. The molecule has 1 unspecified atom stereocenters. The first-order chi connectivity index (χ1) is 8.65. The Morgan fingerprint density at radius 2 is 2.00 bits per heavy atom. The molecule has 0 saturated heterocycles. The van der Waals surface area contributed by atoms with E-state index < -0.39 is 0 Å². The van der Waals surface area contributed by atoms with Crippen LogP contribution < -0.4 is 16.4 Å².